The molecule has 15 heavy (non-hydrogen) atoms. The molecule has 1 atom stereocenters. The van der Waals surface area contributed by atoms with Gasteiger partial charge in [-0.25, -0.2) is 9.37 Å². The minimum absolute atomic E-state index is 0.344. The Hall–Kier alpha value is -1.39. The van der Waals surface area contributed by atoms with Gasteiger partial charge in [-0.1, -0.05) is 0 Å². The first-order chi connectivity index (χ1) is 7.07. The molecule has 0 unspecified atom stereocenters. The number of alkyl halides is 1. The lowest BCUT2D eigenvalue weighted by Gasteiger charge is -2.35. The summed E-state index contributed by atoms with van der Waals surface area (Å²) in [7, 11) is 0. The van der Waals surface area contributed by atoms with E-state index < -0.39 is 5.67 Å². The zero-order valence-electron chi connectivity index (χ0n) is 8.78. The Balaban J connectivity index is 2.17. The molecule has 2 rings (SSSR count). The minimum Gasteiger partial charge on any atom is -0.384 e. The van der Waals surface area contributed by atoms with Crippen molar-refractivity contribution < 1.29 is 4.39 Å². The molecule has 1 aliphatic rings. The highest BCUT2D eigenvalue weighted by Crippen LogP contribution is 2.26. The van der Waals surface area contributed by atoms with Crippen molar-refractivity contribution in [2.45, 2.75) is 25.4 Å². The highest BCUT2D eigenvalue weighted by atomic mass is 19.1. The maximum atomic E-state index is 13.8. The van der Waals surface area contributed by atoms with Gasteiger partial charge in [0.1, 0.15) is 11.5 Å². The number of nitrogen functional groups attached to an aromatic ring is 1. The molecule has 1 fully saturated rings. The van der Waals surface area contributed by atoms with Crippen molar-refractivity contribution in [2.24, 2.45) is 0 Å². The molecule has 0 saturated carbocycles. The smallest absolute Gasteiger partial charge is 0.227 e. The van der Waals surface area contributed by atoms with Gasteiger partial charge in [0.05, 0.1) is 6.54 Å². The van der Waals surface area contributed by atoms with E-state index in [4.69, 9.17) is 5.73 Å². The molecule has 1 aromatic rings. The molecule has 2 N–H and O–H groups in total. The Bertz CT molecular complexity index is 353. The quantitative estimate of drug-likeness (QED) is 0.761. The molecule has 82 valence electrons. The second kappa shape index (κ2) is 3.64. The molecule has 1 aromatic heterocycles. The summed E-state index contributed by atoms with van der Waals surface area (Å²) in [6, 6.07) is 1.63. The second-order valence-electron chi connectivity index (χ2n) is 4.22. The Kier molecular flexibility index (Phi) is 2.46. The molecule has 0 spiro atoms. The lowest BCUT2D eigenvalue weighted by molar-refractivity contribution is 0.159. The average molecular weight is 210 g/mol. The molecular weight excluding hydrogens is 195 g/mol. The largest absolute Gasteiger partial charge is 0.384 e. The lowest BCUT2D eigenvalue weighted by atomic mass is 9.97. The van der Waals surface area contributed by atoms with Crippen LogP contribution in [0.3, 0.4) is 0 Å². The molecular formula is C10H15FN4. The normalized spacial score (nSPS) is 26.7. The topological polar surface area (TPSA) is 55.0 Å². The number of aromatic nitrogens is 2. The van der Waals surface area contributed by atoms with Crippen LogP contribution in [0.1, 0.15) is 19.8 Å². The third kappa shape index (κ3) is 2.34. The van der Waals surface area contributed by atoms with Crippen molar-refractivity contribution in [3.05, 3.63) is 12.3 Å². The van der Waals surface area contributed by atoms with E-state index in [1.54, 1.807) is 19.2 Å². The summed E-state index contributed by atoms with van der Waals surface area (Å²) in [6.07, 6.45) is 3.03. The molecule has 0 aromatic carbocycles. The summed E-state index contributed by atoms with van der Waals surface area (Å²) in [5.74, 6) is 0.949. The maximum Gasteiger partial charge on any atom is 0.227 e. The van der Waals surface area contributed by atoms with Crippen LogP contribution in [0.4, 0.5) is 16.2 Å². The molecule has 2 heterocycles. The molecule has 0 aliphatic carbocycles. The Morgan fingerprint density at radius 2 is 2.40 bits per heavy atom. The first kappa shape index (κ1) is 10.1. The van der Waals surface area contributed by atoms with Crippen molar-refractivity contribution >= 4 is 11.8 Å². The number of piperidine rings is 1. The Labute approximate surface area is 88.3 Å². The highest BCUT2D eigenvalue weighted by Gasteiger charge is 2.31. The van der Waals surface area contributed by atoms with Crippen LogP contribution in [0.2, 0.25) is 0 Å². The third-order valence-corrected chi connectivity index (χ3v) is 2.59. The number of hydrogen-bond donors (Lipinski definition) is 1. The minimum atomic E-state index is -1.15. The standard InChI is InChI=1S/C10H15FN4/c1-10(11)4-2-6-15(7-10)9-13-5-3-8(12)14-9/h3,5H,2,4,6-7H2,1H3,(H2,12,13,14)/t10-/m0/s1. The van der Waals surface area contributed by atoms with Crippen LogP contribution in [0, 0.1) is 0 Å². The fourth-order valence-corrected chi connectivity index (χ4v) is 1.88. The number of hydrogen-bond acceptors (Lipinski definition) is 4. The van der Waals surface area contributed by atoms with Gasteiger partial charge < -0.3 is 10.6 Å². The van der Waals surface area contributed by atoms with E-state index in [1.165, 1.54) is 0 Å². The fourth-order valence-electron chi connectivity index (χ4n) is 1.88. The van der Waals surface area contributed by atoms with E-state index in [9.17, 15) is 4.39 Å². The lowest BCUT2D eigenvalue weighted by Crippen LogP contribution is -2.44. The first-order valence-corrected chi connectivity index (χ1v) is 5.09. The van der Waals surface area contributed by atoms with Gasteiger partial charge in [-0.3, -0.25) is 0 Å². The molecule has 1 saturated heterocycles. The second-order valence-corrected chi connectivity index (χ2v) is 4.22. The van der Waals surface area contributed by atoms with Gasteiger partial charge in [0, 0.05) is 12.7 Å². The van der Waals surface area contributed by atoms with E-state index >= 15 is 0 Å². The first-order valence-electron chi connectivity index (χ1n) is 5.09. The summed E-state index contributed by atoms with van der Waals surface area (Å²) in [5, 5.41) is 0. The van der Waals surface area contributed by atoms with Crippen LogP contribution in [0.5, 0.6) is 0 Å². The van der Waals surface area contributed by atoms with Gasteiger partial charge in [-0.15, -0.1) is 0 Å². The summed E-state index contributed by atoms with van der Waals surface area (Å²) in [6.45, 7) is 2.75. The van der Waals surface area contributed by atoms with Gasteiger partial charge in [-0.2, -0.15) is 4.98 Å². The zero-order chi connectivity index (χ0) is 10.9. The molecule has 0 amide bonds. The van der Waals surface area contributed by atoms with Crippen molar-refractivity contribution in [1.29, 1.82) is 0 Å². The van der Waals surface area contributed by atoms with Crippen LogP contribution in [-0.4, -0.2) is 28.7 Å². The summed E-state index contributed by atoms with van der Waals surface area (Å²) < 4.78 is 13.8. The van der Waals surface area contributed by atoms with Gasteiger partial charge in [0.25, 0.3) is 0 Å². The van der Waals surface area contributed by atoms with Crippen LogP contribution in [0.15, 0.2) is 12.3 Å². The molecule has 0 bridgehead atoms. The van der Waals surface area contributed by atoms with Crippen molar-refractivity contribution in [1.82, 2.24) is 9.97 Å². The number of anilines is 2. The van der Waals surface area contributed by atoms with E-state index in [0.717, 1.165) is 13.0 Å². The molecule has 1 aliphatic heterocycles. The Morgan fingerprint density at radius 3 is 3.07 bits per heavy atom. The number of halogens is 1. The fraction of sp³-hybridized carbons (Fsp3) is 0.600. The van der Waals surface area contributed by atoms with Crippen LogP contribution < -0.4 is 10.6 Å². The maximum absolute atomic E-state index is 13.8. The van der Waals surface area contributed by atoms with Crippen LogP contribution in [0.25, 0.3) is 0 Å². The van der Waals surface area contributed by atoms with E-state index in [-0.39, 0.29) is 0 Å². The van der Waals surface area contributed by atoms with Gasteiger partial charge in [0.2, 0.25) is 5.95 Å². The van der Waals surface area contributed by atoms with Crippen LogP contribution >= 0.6 is 0 Å². The number of rotatable bonds is 1. The zero-order valence-corrected chi connectivity index (χ0v) is 8.78. The monoisotopic (exact) mass is 210 g/mol. The van der Waals surface area contributed by atoms with Crippen LogP contribution in [-0.2, 0) is 0 Å². The van der Waals surface area contributed by atoms with Gasteiger partial charge in [-0.05, 0) is 25.8 Å². The predicted octanol–water partition coefficient (Wildman–Crippen LogP) is 1.39. The van der Waals surface area contributed by atoms with E-state index in [0.29, 0.717) is 24.7 Å². The van der Waals surface area contributed by atoms with Gasteiger partial charge >= 0.3 is 0 Å². The Morgan fingerprint density at radius 1 is 1.60 bits per heavy atom. The van der Waals surface area contributed by atoms with Gasteiger partial charge in [0.15, 0.2) is 0 Å². The van der Waals surface area contributed by atoms with Crippen molar-refractivity contribution in [3.63, 3.8) is 0 Å². The average Bonchev–Trinajstić information content (AvgIpc) is 2.16. The predicted molar refractivity (Wildman–Crippen MR) is 57.4 cm³/mol. The van der Waals surface area contributed by atoms with Crippen molar-refractivity contribution in [3.8, 4) is 0 Å². The number of nitrogens with two attached hydrogens (primary N) is 1. The summed E-state index contributed by atoms with van der Waals surface area (Å²) in [4.78, 5) is 10.0. The number of nitrogens with zero attached hydrogens (tertiary/aromatic N) is 3. The van der Waals surface area contributed by atoms with E-state index in [1.807, 2.05) is 4.90 Å². The highest BCUT2D eigenvalue weighted by molar-refractivity contribution is 5.38. The molecule has 5 heteroatoms. The molecule has 4 nitrogen and oxygen atoms in total. The third-order valence-electron chi connectivity index (χ3n) is 2.59. The SMILES string of the molecule is C[C@]1(F)CCCN(c2nccc(N)n2)C1. The van der Waals surface area contributed by atoms with Crippen molar-refractivity contribution in [2.75, 3.05) is 23.7 Å². The summed E-state index contributed by atoms with van der Waals surface area (Å²) in [5.41, 5.74) is 4.41. The summed E-state index contributed by atoms with van der Waals surface area (Å²) >= 11 is 0. The van der Waals surface area contributed by atoms with E-state index in [2.05, 4.69) is 9.97 Å². The molecule has 0 radical (unpaired) electrons.